The van der Waals surface area contributed by atoms with Crippen LogP contribution in [0.15, 0.2) is 24.3 Å². The molecule has 0 N–H and O–H groups in total. The van der Waals surface area contributed by atoms with E-state index in [-0.39, 0.29) is 5.69 Å². The van der Waals surface area contributed by atoms with E-state index in [1.54, 1.807) is 11.9 Å². The summed E-state index contributed by atoms with van der Waals surface area (Å²) in [5.74, 6) is 0.870. The van der Waals surface area contributed by atoms with Crippen molar-refractivity contribution >= 4 is 11.8 Å². The first-order chi connectivity index (χ1) is 10.1. The van der Waals surface area contributed by atoms with Crippen LogP contribution in [0.4, 0.5) is 10.5 Å². The Balaban J connectivity index is 1.86. The molecule has 1 saturated carbocycles. The third-order valence-electron chi connectivity index (χ3n) is 3.82. The number of hydrogen-bond donors (Lipinski definition) is 0. The molecule has 114 valence electrons. The van der Waals surface area contributed by atoms with Gasteiger partial charge in [-0.15, -0.1) is 0 Å². The molecule has 1 aliphatic rings. The van der Waals surface area contributed by atoms with Gasteiger partial charge in [0.15, 0.2) is 0 Å². The number of carbonyl (C=O) groups is 1. The molecule has 0 unspecified atom stereocenters. The second kappa shape index (κ2) is 7.06. The third kappa shape index (κ3) is 4.44. The zero-order valence-corrected chi connectivity index (χ0v) is 12.2. The van der Waals surface area contributed by atoms with Crippen LogP contribution in [-0.2, 0) is 0 Å². The van der Waals surface area contributed by atoms with Gasteiger partial charge in [0.05, 0.1) is 4.92 Å². The number of hydrogen-bond acceptors (Lipinski definition) is 4. The van der Waals surface area contributed by atoms with Gasteiger partial charge in [0, 0.05) is 25.7 Å². The van der Waals surface area contributed by atoms with E-state index in [9.17, 15) is 14.9 Å². The number of benzene rings is 1. The maximum atomic E-state index is 12.0. The van der Waals surface area contributed by atoms with E-state index in [2.05, 4.69) is 0 Å². The fraction of sp³-hybridized carbons (Fsp3) is 0.533. The Morgan fingerprint density at radius 2 is 1.90 bits per heavy atom. The molecule has 0 aromatic heterocycles. The molecule has 6 heteroatoms. The second-order valence-electron chi connectivity index (χ2n) is 5.50. The van der Waals surface area contributed by atoms with Gasteiger partial charge < -0.3 is 9.64 Å². The molecular weight excluding hydrogens is 272 g/mol. The fourth-order valence-electron chi connectivity index (χ4n) is 2.65. The predicted molar refractivity (Wildman–Crippen MR) is 78.3 cm³/mol. The van der Waals surface area contributed by atoms with Crippen LogP contribution in [0.1, 0.15) is 32.1 Å². The molecule has 1 fully saturated rings. The van der Waals surface area contributed by atoms with Crippen molar-refractivity contribution in [2.45, 2.75) is 32.1 Å². The average molecular weight is 292 g/mol. The first kappa shape index (κ1) is 15.3. The molecule has 0 bridgehead atoms. The van der Waals surface area contributed by atoms with Crippen molar-refractivity contribution in [2.75, 3.05) is 13.6 Å². The lowest BCUT2D eigenvalue weighted by Gasteiger charge is -2.26. The van der Waals surface area contributed by atoms with E-state index in [0.717, 1.165) is 12.8 Å². The van der Waals surface area contributed by atoms with Crippen LogP contribution < -0.4 is 4.74 Å². The summed E-state index contributed by atoms with van der Waals surface area (Å²) in [5, 5.41) is 10.6. The SMILES string of the molecule is CN(CC1CCCCC1)C(=O)Oc1ccc([N+](=O)[O-])cc1. The molecule has 0 saturated heterocycles. The summed E-state index contributed by atoms with van der Waals surface area (Å²) in [4.78, 5) is 23.6. The van der Waals surface area contributed by atoms with E-state index >= 15 is 0 Å². The first-order valence-corrected chi connectivity index (χ1v) is 7.23. The Morgan fingerprint density at radius 1 is 1.29 bits per heavy atom. The fourth-order valence-corrected chi connectivity index (χ4v) is 2.65. The molecule has 1 aromatic carbocycles. The van der Waals surface area contributed by atoms with Gasteiger partial charge in [-0.1, -0.05) is 19.3 Å². The molecule has 0 spiro atoms. The van der Waals surface area contributed by atoms with Crippen LogP contribution in [-0.4, -0.2) is 29.5 Å². The maximum absolute atomic E-state index is 12.0. The minimum absolute atomic E-state index is 0.0228. The third-order valence-corrected chi connectivity index (χ3v) is 3.82. The van der Waals surface area contributed by atoms with Gasteiger partial charge in [0.1, 0.15) is 5.75 Å². The first-order valence-electron chi connectivity index (χ1n) is 7.23. The Kier molecular flexibility index (Phi) is 5.14. The Bertz CT molecular complexity index is 495. The number of ether oxygens (including phenoxy) is 1. The van der Waals surface area contributed by atoms with Crippen molar-refractivity contribution < 1.29 is 14.5 Å². The van der Waals surface area contributed by atoms with Crippen LogP contribution in [0.25, 0.3) is 0 Å². The van der Waals surface area contributed by atoms with Gasteiger partial charge >= 0.3 is 6.09 Å². The lowest BCUT2D eigenvalue weighted by atomic mass is 9.89. The Hall–Kier alpha value is -2.11. The molecule has 0 radical (unpaired) electrons. The molecule has 0 atom stereocenters. The molecule has 1 amide bonds. The van der Waals surface area contributed by atoms with Crippen molar-refractivity contribution in [1.29, 1.82) is 0 Å². The summed E-state index contributed by atoms with van der Waals surface area (Å²) >= 11 is 0. The minimum atomic E-state index is -0.485. The molecule has 0 aliphatic heterocycles. The van der Waals surface area contributed by atoms with Gasteiger partial charge in [-0.3, -0.25) is 10.1 Å². The van der Waals surface area contributed by atoms with Gasteiger partial charge in [-0.05, 0) is 30.9 Å². The topological polar surface area (TPSA) is 72.7 Å². The molecular formula is C15H20N2O4. The maximum Gasteiger partial charge on any atom is 0.414 e. The second-order valence-corrected chi connectivity index (χ2v) is 5.50. The average Bonchev–Trinajstić information content (AvgIpc) is 2.48. The molecule has 2 rings (SSSR count). The highest BCUT2D eigenvalue weighted by atomic mass is 16.6. The van der Waals surface area contributed by atoms with Crippen molar-refractivity contribution in [3.63, 3.8) is 0 Å². The van der Waals surface area contributed by atoms with E-state index in [1.165, 1.54) is 43.5 Å². The highest BCUT2D eigenvalue weighted by Gasteiger charge is 2.19. The van der Waals surface area contributed by atoms with Crippen molar-refractivity contribution in [3.8, 4) is 5.75 Å². The predicted octanol–water partition coefficient (Wildman–Crippen LogP) is 3.61. The van der Waals surface area contributed by atoms with Crippen molar-refractivity contribution in [3.05, 3.63) is 34.4 Å². The lowest BCUT2D eigenvalue weighted by Crippen LogP contribution is -2.34. The van der Waals surface area contributed by atoms with E-state index < -0.39 is 11.0 Å². The lowest BCUT2D eigenvalue weighted by molar-refractivity contribution is -0.384. The molecule has 1 aromatic rings. The van der Waals surface area contributed by atoms with Crippen LogP contribution in [0.3, 0.4) is 0 Å². The zero-order chi connectivity index (χ0) is 15.2. The van der Waals surface area contributed by atoms with E-state index in [4.69, 9.17) is 4.74 Å². The van der Waals surface area contributed by atoms with Crippen molar-refractivity contribution in [1.82, 2.24) is 4.90 Å². The number of carbonyl (C=O) groups excluding carboxylic acids is 1. The number of non-ortho nitro benzene ring substituents is 1. The standard InChI is InChI=1S/C15H20N2O4/c1-16(11-12-5-3-2-4-6-12)15(18)21-14-9-7-13(8-10-14)17(19)20/h7-10,12H,2-6,11H2,1H3. The van der Waals surface area contributed by atoms with Gasteiger partial charge in [-0.2, -0.15) is 0 Å². The van der Waals surface area contributed by atoms with E-state index in [1.807, 2.05) is 0 Å². The summed E-state index contributed by atoms with van der Waals surface area (Å²) < 4.78 is 5.22. The highest BCUT2D eigenvalue weighted by molar-refractivity contribution is 5.70. The van der Waals surface area contributed by atoms with Crippen molar-refractivity contribution in [2.24, 2.45) is 5.92 Å². The number of nitrogens with zero attached hydrogens (tertiary/aromatic N) is 2. The normalized spacial score (nSPS) is 15.5. The largest absolute Gasteiger partial charge is 0.414 e. The van der Waals surface area contributed by atoms with Crippen LogP contribution in [0, 0.1) is 16.0 Å². The number of rotatable bonds is 4. The zero-order valence-electron chi connectivity index (χ0n) is 12.2. The minimum Gasteiger partial charge on any atom is -0.410 e. The number of nitro benzene ring substituents is 1. The Labute approximate surface area is 123 Å². The molecule has 0 heterocycles. The quantitative estimate of drug-likeness (QED) is 0.627. The van der Waals surface area contributed by atoms with Crippen LogP contribution in [0.2, 0.25) is 0 Å². The molecule has 6 nitrogen and oxygen atoms in total. The number of nitro groups is 1. The smallest absolute Gasteiger partial charge is 0.410 e. The highest BCUT2D eigenvalue weighted by Crippen LogP contribution is 2.24. The van der Waals surface area contributed by atoms with Crippen LogP contribution >= 0.6 is 0 Å². The monoisotopic (exact) mass is 292 g/mol. The Morgan fingerprint density at radius 3 is 2.48 bits per heavy atom. The summed E-state index contributed by atoms with van der Waals surface area (Å²) in [7, 11) is 1.72. The van der Waals surface area contributed by atoms with Gasteiger partial charge in [-0.25, -0.2) is 4.79 Å². The summed E-state index contributed by atoms with van der Waals surface area (Å²) in [5.41, 5.74) is -0.0228. The molecule has 21 heavy (non-hydrogen) atoms. The molecule has 1 aliphatic carbocycles. The number of amides is 1. The van der Waals surface area contributed by atoms with Crippen LogP contribution in [0.5, 0.6) is 5.75 Å². The van der Waals surface area contributed by atoms with Gasteiger partial charge in [0.2, 0.25) is 0 Å². The summed E-state index contributed by atoms with van der Waals surface area (Å²) in [6.07, 6.45) is 5.65. The van der Waals surface area contributed by atoms with E-state index in [0.29, 0.717) is 18.2 Å². The summed E-state index contributed by atoms with van der Waals surface area (Å²) in [6.45, 7) is 0.700. The summed E-state index contributed by atoms with van der Waals surface area (Å²) in [6, 6.07) is 5.52. The van der Waals surface area contributed by atoms with Gasteiger partial charge in [0.25, 0.3) is 5.69 Å².